The van der Waals surface area contributed by atoms with Gasteiger partial charge in [-0.25, -0.2) is 0 Å². The summed E-state index contributed by atoms with van der Waals surface area (Å²) >= 11 is 0. The molecule has 2 aliphatic rings. The Morgan fingerprint density at radius 1 is 1.11 bits per heavy atom. The van der Waals surface area contributed by atoms with Crippen LogP contribution in [0, 0.1) is 0 Å². The lowest BCUT2D eigenvalue weighted by molar-refractivity contribution is 0.228. The molecule has 2 atom stereocenters. The molecule has 0 aromatic rings. The molecule has 0 aromatic heterocycles. The molecule has 2 fully saturated rings. The lowest BCUT2D eigenvalue weighted by Crippen LogP contribution is -2.16. The minimum Gasteiger partial charge on any atom is -0.370 e. The summed E-state index contributed by atoms with van der Waals surface area (Å²) in [4.78, 5) is 0. The molecule has 0 aliphatic carbocycles. The van der Waals surface area contributed by atoms with E-state index in [2.05, 4.69) is 13.8 Å². The van der Waals surface area contributed by atoms with Crippen molar-refractivity contribution in [2.24, 2.45) is 0 Å². The highest BCUT2D eigenvalue weighted by atomic mass is 16.6. The number of epoxide rings is 2. The van der Waals surface area contributed by atoms with Gasteiger partial charge in [0.25, 0.3) is 0 Å². The molecule has 0 N–H and O–H groups in total. The molecule has 2 aliphatic heterocycles. The van der Waals surface area contributed by atoms with Crippen molar-refractivity contribution in [2.45, 2.75) is 31.5 Å². The maximum atomic E-state index is 5.23. The van der Waals surface area contributed by atoms with Crippen molar-refractivity contribution in [3.63, 3.8) is 0 Å². The summed E-state index contributed by atoms with van der Waals surface area (Å²) in [5, 5.41) is 0. The lowest BCUT2D eigenvalue weighted by Gasteiger charge is -2.06. The van der Waals surface area contributed by atoms with Crippen LogP contribution in [0.25, 0.3) is 0 Å². The Hall–Kier alpha value is -0.0800. The monoisotopic (exact) mass is 128 g/mol. The average Bonchev–Trinajstić information content (AvgIpc) is 2.55. The summed E-state index contributed by atoms with van der Waals surface area (Å²) in [6.07, 6.45) is 1.07. The van der Waals surface area contributed by atoms with E-state index in [9.17, 15) is 0 Å². The molecule has 0 spiro atoms. The normalized spacial score (nSPS) is 55.3. The van der Waals surface area contributed by atoms with Gasteiger partial charge < -0.3 is 9.47 Å². The van der Waals surface area contributed by atoms with Crippen LogP contribution in [-0.2, 0) is 9.47 Å². The van der Waals surface area contributed by atoms with Gasteiger partial charge in [-0.1, -0.05) is 0 Å². The Kier molecular flexibility index (Phi) is 0.837. The fourth-order valence-corrected chi connectivity index (χ4v) is 1.24. The number of hydrogen-bond donors (Lipinski definition) is 0. The SMILES string of the molecule is CC1(CC2(C)CO2)CO1. The van der Waals surface area contributed by atoms with E-state index in [1.807, 2.05) is 0 Å². The third-order valence-electron chi connectivity index (χ3n) is 2.02. The van der Waals surface area contributed by atoms with Crippen molar-refractivity contribution in [1.29, 1.82) is 0 Å². The zero-order valence-electron chi connectivity index (χ0n) is 5.94. The highest BCUT2D eigenvalue weighted by Crippen LogP contribution is 2.42. The lowest BCUT2D eigenvalue weighted by atomic mass is 9.99. The van der Waals surface area contributed by atoms with Gasteiger partial charge in [-0.15, -0.1) is 0 Å². The molecule has 0 amide bonds. The van der Waals surface area contributed by atoms with E-state index in [4.69, 9.17) is 9.47 Å². The molecule has 52 valence electrons. The van der Waals surface area contributed by atoms with Gasteiger partial charge in [0.05, 0.1) is 24.4 Å². The van der Waals surface area contributed by atoms with Gasteiger partial charge in [-0.05, 0) is 13.8 Å². The first kappa shape index (κ1) is 5.69. The van der Waals surface area contributed by atoms with E-state index in [0.717, 1.165) is 19.6 Å². The van der Waals surface area contributed by atoms with Crippen LogP contribution in [0.15, 0.2) is 0 Å². The minimum atomic E-state index is 0.172. The Balaban J connectivity index is 1.90. The van der Waals surface area contributed by atoms with Crippen molar-refractivity contribution in [3.05, 3.63) is 0 Å². The Labute approximate surface area is 55.1 Å². The van der Waals surface area contributed by atoms with Crippen molar-refractivity contribution >= 4 is 0 Å². The predicted octanol–water partition coefficient (Wildman–Crippen LogP) is 0.954. The molecule has 2 nitrogen and oxygen atoms in total. The molecule has 0 saturated carbocycles. The van der Waals surface area contributed by atoms with Crippen LogP contribution < -0.4 is 0 Å². The first-order valence-corrected chi connectivity index (χ1v) is 3.40. The summed E-state index contributed by atoms with van der Waals surface area (Å²) in [6, 6.07) is 0. The fourth-order valence-electron chi connectivity index (χ4n) is 1.24. The number of hydrogen-bond acceptors (Lipinski definition) is 2. The fraction of sp³-hybridized carbons (Fsp3) is 1.00. The van der Waals surface area contributed by atoms with Crippen molar-refractivity contribution in [2.75, 3.05) is 13.2 Å². The van der Waals surface area contributed by atoms with Gasteiger partial charge in [0.15, 0.2) is 0 Å². The molecule has 2 saturated heterocycles. The van der Waals surface area contributed by atoms with Crippen molar-refractivity contribution in [3.8, 4) is 0 Å². The molecular formula is C7H12O2. The number of ether oxygens (including phenoxy) is 2. The van der Waals surface area contributed by atoms with Crippen LogP contribution in [0.4, 0.5) is 0 Å². The average molecular weight is 128 g/mol. The molecule has 9 heavy (non-hydrogen) atoms. The molecule has 2 heterocycles. The molecule has 2 unspecified atom stereocenters. The highest BCUT2D eigenvalue weighted by molar-refractivity contribution is 4.99. The van der Waals surface area contributed by atoms with Crippen LogP contribution in [0.2, 0.25) is 0 Å². The Morgan fingerprint density at radius 3 is 1.67 bits per heavy atom. The van der Waals surface area contributed by atoms with Gasteiger partial charge in [-0.2, -0.15) is 0 Å². The second-order valence-electron chi connectivity index (χ2n) is 3.65. The van der Waals surface area contributed by atoms with Gasteiger partial charge in [0, 0.05) is 6.42 Å². The third-order valence-corrected chi connectivity index (χ3v) is 2.02. The van der Waals surface area contributed by atoms with Crippen molar-refractivity contribution in [1.82, 2.24) is 0 Å². The first-order valence-electron chi connectivity index (χ1n) is 3.40. The Bertz CT molecular complexity index is 118. The summed E-state index contributed by atoms with van der Waals surface area (Å²) in [5.74, 6) is 0. The minimum absolute atomic E-state index is 0.172. The maximum Gasteiger partial charge on any atom is 0.0916 e. The molecular weight excluding hydrogens is 116 g/mol. The molecule has 0 radical (unpaired) electrons. The quantitative estimate of drug-likeness (QED) is 0.517. The van der Waals surface area contributed by atoms with Crippen LogP contribution in [0.1, 0.15) is 20.3 Å². The molecule has 0 bridgehead atoms. The molecule has 2 heteroatoms. The summed E-state index contributed by atoms with van der Waals surface area (Å²) < 4.78 is 10.5. The van der Waals surface area contributed by atoms with E-state index in [-0.39, 0.29) is 11.2 Å². The standard InChI is InChI=1S/C7H12O2/c1-6(4-8-6)3-7(2)5-9-7/h3-5H2,1-2H3. The van der Waals surface area contributed by atoms with Crippen LogP contribution in [0.3, 0.4) is 0 Å². The predicted molar refractivity (Wildman–Crippen MR) is 33.3 cm³/mol. The third kappa shape index (κ3) is 1.10. The topological polar surface area (TPSA) is 25.1 Å². The maximum absolute atomic E-state index is 5.23. The van der Waals surface area contributed by atoms with E-state index < -0.39 is 0 Å². The first-order chi connectivity index (χ1) is 4.12. The van der Waals surface area contributed by atoms with Gasteiger partial charge in [-0.3, -0.25) is 0 Å². The highest BCUT2D eigenvalue weighted by Gasteiger charge is 2.51. The van der Waals surface area contributed by atoms with E-state index in [0.29, 0.717) is 0 Å². The van der Waals surface area contributed by atoms with Gasteiger partial charge in [0.2, 0.25) is 0 Å². The zero-order valence-corrected chi connectivity index (χ0v) is 5.94. The molecule has 0 aromatic carbocycles. The van der Waals surface area contributed by atoms with Gasteiger partial charge in [0.1, 0.15) is 0 Å². The van der Waals surface area contributed by atoms with Crippen LogP contribution in [-0.4, -0.2) is 24.4 Å². The van der Waals surface area contributed by atoms with Gasteiger partial charge >= 0.3 is 0 Å². The second-order valence-corrected chi connectivity index (χ2v) is 3.65. The Morgan fingerprint density at radius 2 is 1.44 bits per heavy atom. The van der Waals surface area contributed by atoms with Crippen LogP contribution >= 0.6 is 0 Å². The van der Waals surface area contributed by atoms with Crippen molar-refractivity contribution < 1.29 is 9.47 Å². The smallest absolute Gasteiger partial charge is 0.0916 e. The van der Waals surface area contributed by atoms with E-state index >= 15 is 0 Å². The summed E-state index contributed by atoms with van der Waals surface area (Å²) in [6.45, 7) is 6.12. The summed E-state index contributed by atoms with van der Waals surface area (Å²) in [5.41, 5.74) is 0.344. The van der Waals surface area contributed by atoms with Crippen LogP contribution in [0.5, 0.6) is 0 Å². The zero-order chi connectivity index (χ0) is 6.54. The molecule has 2 rings (SSSR count). The van der Waals surface area contributed by atoms with E-state index in [1.165, 1.54) is 0 Å². The second kappa shape index (κ2) is 1.32. The van der Waals surface area contributed by atoms with E-state index in [1.54, 1.807) is 0 Å². The summed E-state index contributed by atoms with van der Waals surface area (Å²) in [7, 11) is 0. The number of rotatable bonds is 2. The largest absolute Gasteiger partial charge is 0.370 e.